The molecule has 0 fully saturated rings. The largest absolute Gasteiger partial charge is 0.481 e. The fourth-order valence-electron chi connectivity index (χ4n) is 5.43. The van der Waals surface area contributed by atoms with Crippen molar-refractivity contribution in [2.24, 2.45) is 0 Å². The Morgan fingerprint density at radius 3 is 2.39 bits per heavy atom. The summed E-state index contributed by atoms with van der Waals surface area (Å²) >= 11 is 3.60. The van der Waals surface area contributed by atoms with Crippen molar-refractivity contribution >= 4 is 37.6 Å². The van der Waals surface area contributed by atoms with E-state index in [0.29, 0.717) is 11.4 Å². The molecule has 0 bridgehead atoms. The average molecular weight is 561 g/mol. The molecule has 4 aromatic carbocycles. The number of hydrogen-bond acceptors (Lipinski definition) is 4. The summed E-state index contributed by atoms with van der Waals surface area (Å²) in [6.45, 7) is 0. The molecule has 4 nitrogen and oxygen atoms in total. The third-order valence-electron chi connectivity index (χ3n) is 7.13. The molecule has 0 aliphatic carbocycles. The first kappa shape index (κ1) is 24.3. The minimum absolute atomic E-state index is 0.469. The number of pyridine rings is 2. The summed E-state index contributed by atoms with van der Waals surface area (Å²) in [6.07, 6.45) is 3.47. The number of hydrogen-bond donors (Lipinski definition) is 1. The molecule has 1 N–H and O–H groups in total. The Labute approximate surface area is 229 Å². The molecule has 6 rings (SSSR count). The second-order valence-corrected chi connectivity index (χ2v) is 10.2. The fourth-order valence-corrected chi connectivity index (χ4v) is 5.81. The first-order chi connectivity index (χ1) is 18.6. The molecule has 5 heteroatoms. The van der Waals surface area contributed by atoms with E-state index in [0.717, 1.165) is 42.8 Å². The van der Waals surface area contributed by atoms with E-state index in [2.05, 4.69) is 45.2 Å². The Bertz CT molecular complexity index is 1740. The highest BCUT2D eigenvalue weighted by Gasteiger charge is 2.45. The molecular weight excluding hydrogens is 536 g/mol. The smallest absolute Gasteiger partial charge is 0.217 e. The van der Waals surface area contributed by atoms with Gasteiger partial charge in [-0.2, -0.15) is 0 Å². The Morgan fingerprint density at radius 1 is 0.816 bits per heavy atom. The molecule has 38 heavy (non-hydrogen) atoms. The van der Waals surface area contributed by atoms with Crippen LogP contribution in [0, 0.1) is 0 Å². The molecule has 2 heterocycles. The number of benzene rings is 4. The van der Waals surface area contributed by atoms with Gasteiger partial charge in [-0.25, -0.2) is 4.98 Å². The first-order valence-electron chi connectivity index (χ1n) is 12.4. The van der Waals surface area contributed by atoms with Gasteiger partial charge in [0.2, 0.25) is 5.88 Å². The number of aliphatic hydroxyl groups is 1. The van der Waals surface area contributed by atoms with E-state index >= 15 is 0 Å². The third kappa shape index (κ3) is 4.14. The number of nitrogens with zero attached hydrogens (tertiary/aromatic N) is 2. The second kappa shape index (κ2) is 10.0. The summed E-state index contributed by atoms with van der Waals surface area (Å²) in [6, 6.07) is 36.1. The van der Waals surface area contributed by atoms with E-state index in [9.17, 15) is 5.11 Å². The van der Waals surface area contributed by atoms with Gasteiger partial charge >= 0.3 is 0 Å². The quantitative estimate of drug-likeness (QED) is 0.227. The normalized spacial score (nSPS) is 13.8. The van der Waals surface area contributed by atoms with E-state index in [1.807, 2.05) is 84.9 Å². The zero-order chi connectivity index (χ0) is 26.1. The van der Waals surface area contributed by atoms with Crippen LogP contribution in [0.4, 0.5) is 0 Å². The fraction of sp³-hybridized carbons (Fsp3) is 0.0909. The lowest BCUT2D eigenvalue weighted by molar-refractivity contribution is 0.0627. The lowest BCUT2D eigenvalue weighted by Crippen LogP contribution is -2.36. The molecule has 0 amide bonds. The van der Waals surface area contributed by atoms with Crippen LogP contribution in [0.2, 0.25) is 0 Å². The molecule has 0 radical (unpaired) electrons. The summed E-state index contributed by atoms with van der Waals surface area (Å²) in [7, 11) is 1.62. The highest BCUT2D eigenvalue weighted by Crippen LogP contribution is 2.50. The summed E-state index contributed by atoms with van der Waals surface area (Å²) in [4.78, 5) is 9.29. The highest BCUT2D eigenvalue weighted by molar-refractivity contribution is 9.10. The van der Waals surface area contributed by atoms with E-state index in [4.69, 9.17) is 9.72 Å². The Kier molecular flexibility index (Phi) is 6.40. The molecule has 0 spiro atoms. The van der Waals surface area contributed by atoms with Gasteiger partial charge in [-0.15, -0.1) is 0 Å². The van der Waals surface area contributed by atoms with E-state index in [-0.39, 0.29) is 0 Å². The van der Waals surface area contributed by atoms with Crippen molar-refractivity contribution in [2.75, 3.05) is 7.11 Å². The maximum Gasteiger partial charge on any atom is 0.217 e. The van der Waals surface area contributed by atoms with Crippen LogP contribution in [0.15, 0.2) is 126 Å². The number of rotatable bonds is 6. The standard InChI is InChI=1S/C33H25BrN2O2/c1-38-32-28(20-24-19-26(34)16-17-30(24)36-32)31(23-10-3-2-4-11-23)33(37,25-13-8-18-35-21-25)29-15-7-12-22-9-5-6-14-27(22)29/h2-21,31,37H,1H3. The summed E-state index contributed by atoms with van der Waals surface area (Å²) in [5.74, 6) is -0.0965. The van der Waals surface area contributed by atoms with Crippen molar-refractivity contribution in [3.8, 4) is 5.88 Å². The summed E-state index contributed by atoms with van der Waals surface area (Å²) in [5.41, 5.74) is 2.49. The van der Waals surface area contributed by atoms with Gasteiger partial charge in [0.1, 0.15) is 5.60 Å². The zero-order valence-corrected chi connectivity index (χ0v) is 22.3. The van der Waals surface area contributed by atoms with E-state index in [1.165, 1.54) is 0 Å². The van der Waals surface area contributed by atoms with Crippen LogP contribution in [0.25, 0.3) is 21.7 Å². The van der Waals surface area contributed by atoms with Gasteiger partial charge in [0.25, 0.3) is 0 Å². The minimum atomic E-state index is -1.51. The van der Waals surface area contributed by atoms with Gasteiger partial charge in [0.15, 0.2) is 0 Å². The maximum absolute atomic E-state index is 13.2. The molecule has 0 aliphatic rings. The summed E-state index contributed by atoms with van der Waals surface area (Å²) in [5, 5.41) is 16.2. The molecule has 2 aromatic heterocycles. The Hall–Kier alpha value is -4.06. The lowest BCUT2D eigenvalue weighted by Gasteiger charge is -2.39. The zero-order valence-electron chi connectivity index (χ0n) is 20.8. The predicted octanol–water partition coefficient (Wildman–Crippen LogP) is 7.62. The van der Waals surface area contributed by atoms with Crippen molar-refractivity contribution in [3.63, 3.8) is 0 Å². The number of methoxy groups -OCH3 is 1. The van der Waals surface area contributed by atoms with Crippen LogP contribution < -0.4 is 4.74 Å². The lowest BCUT2D eigenvalue weighted by atomic mass is 9.69. The number of fused-ring (bicyclic) bond motifs is 2. The van der Waals surface area contributed by atoms with Crippen molar-refractivity contribution in [1.29, 1.82) is 0 Å². The van der Waals surface area contributed by atoms with Gasteiger partial charge in [-0.05, 0) is 52.2 Å². The van der Waals surface area contributed by atoms with Crippen LogP contribution >= 0.6 is 15.9 Å². The predicted molar refractivity (Wildman–Crippen MR) is 155 cm³/mol. The van der Waals surface area contributed by atoms with Crippen molar-refractivity contribution in [1.82, 2.24) is 9.97 Å². The van der Waals surface area contributed by atoms with Crippen molar-refractivity contribution in [2.45, 2.75) is 11.5 Å². The topological polar surface area (TPSA) is 55.2 Å². The number of aromatic nitrogens is 2. The molecule has 0 saturated heterocycles. The van der Waals surface area contributed by atoms with Crippen LogP contribution in [0.3, 0.4) is 0 Å². The van der Waals surface area contributed by atoms with Crippen LogP contribution in [0.5, 0.6) is 5.88 Å². The van der Waals surface area contributed by atoms with Gasteiger partial charge in [-0.3, -0.25) is 4.98 Å². The SMILES string of the molecule is COc1nc2ccc(Br)cc2cc1C(c1ccccc1)C(O)(c1cccnc1)c1cccc2ccccc12. The van der Waals surface area contributed by atoms with Gasteiger partial charge in [-0.1, -0.05) is 94.8 Å². The number of halogens is 1. The van der Waals surface area contributed by atoms with Crippen LogP contribution in [0.1, 0.15) is 28.2 Å². The van der Waals surface area contributed by atoms with Crippen LogP contribution in [-0.2, 0) is 5.60 Å². The first-order valence-corrected chi connectivity index (χ1v) is 13.2. The molecular formula is C33H25BrN2O2. The van der Waals surface area contributed by atoms with Gasteiger partial charge in [0.05, 0.1) is 18.5 Å². The average Bonchev–Trinajstić information content (AvgIpc) is 2.97. The molecule has 6 aromatic rings. The Morgan fingerprint density at radius 2 is 1.61 bits per heavy atom. The van der Waals surface area contributed by atoms with Crippen LogP contribution in [-0.4, -0.2) is 22.2 Å². The second-order valence-electron chi connectivity index (χ2n) is 9.30. The van der Waals surface area contributed by atoms with Gasteiger partial charge < -0.3 is 9.84 Å². The minimum Gasteiger partial charge on any atom is -0.481 e. The molecule has 2 atom stereocenters. The van der Waals surface area contributed by atoms with Crippen molar-refractivity contribution in [3.05, 3.63) is 148 Å². The maximum atomic E-state index is 13.2. The monoisotopic (exact) mass is 560 g/mol. The van der Waals surface area contributed by atoms with Gasteiger partial charge in [0, 0.05) is 33.4 Å². The van der Waals surface area contributed by atoms with E-state index in [1.54, 1.807) is 19.5 Å². The third-order valence-corrected chi connectivity index (χ3v) is 7.62. The molecule has 186 valence electrons. The molecule has 0 aliphatic heterocycles. The van der Waals surface area contributed by atoms with Crippen molar-refractivity contribution < 1.29 is 9.84 Å². The molecule has 2 unspecified atom stereocenters. The van der Waals surface area contributed by atoms with E-state index < -0.39 is 11.5 Å². The number of ether oxygens (including phenoxy) is 1. The summed E-state index contributed by atoms with van der Waals surface area (Å²) < 4.78 is 6.85. The Balaban J connectivity index is 1.74. The highest BCUT2D eigenvalue weighted by atomic mass is 79.9. The molecule has 0 saturated carbocycles.